The van der Waals surface area contributed by atoms with Gasteiger partial charge < -0.3 is 10.4 Å². The minimum Gasteiger partial charge on any atom is -0.480 e. The van der Waals surface area contributed by atoms with Crippen molar-refractivity contribution >= 4 is 22.8 Å². The van der Waals surface area contributed by atoms with Crippen molar-refractivity contribution in [3.8, 4) is 0 Å². The number of aromatic nitrogens is 2. The lowest BCUT2D eigenvalue weighted by Crippen LogP contribution is -2.43. The van der Waals surface area contributed by atoms with Crippen LogP contribution in [0.2, 0.25) is 0 Å². The summed E-state index contributed by atoms with van der Waals surface area (Å²) in [7, 11) is 1.82. The fraction of sp³-hybridized carbons (Fsp3) is 0.357. The van der Waals surface area contributed by atoms with Gasteiger partial charge in [-0.25, -0.2) is 4.79 Å². The number of nitrogens with zero attached hydrogens (tertiary/aromatic N) is 2. The van der Waals surface area contributed by atoms with Gasteiger partial charge >= 0.3 is 5.97 Å². The van der Waals surface area contributed by atoms with E-state index in [4.69, 9.17) is 5.11 Å². The zero-order valence-corrected chi connectivity index (χ0v) is 11.1. The second kappa shape index (κ2) is 4.33. The highest BCUT2D eigenvalue weighted by Gasteiger charge is 2.51. The third-order valence-corrected chi connectivity index (χ3v) is 3.70. The molecule has 104 valence electrons. The Kier molecular flexibility index (Phi) is 2.74. The molecule has 6 heteroatoms. The molecule has 1 amide bonds. The zero-order valence-electron chi connectivity index (χ0n) is 11.1. The molecule has 1 aliphatic carbocycles. The van der Waals surface area contributed by atoms with Gasteiger partial charge in [0.1, 0.15) is 5.54 Å². The van der Waals surface area contributed by atoms with Crippen molar-refractivity contribution in [3.63, 3.8) is 0 Å². The molecule has 2 N–H and O–H groups in total. The zero-order chi connectivity index (χ0) is 14.3. The molecular formula is C14H15N3O3. The number of rotatable bonds is 4. The number of aryl methyl sites for hydroxylation is 1. The lowest BCUT2D eigenvalue weighted by atomic mass is 10.1. The molecule has 1 aliphatic rings. The van der Waals surface area contributed by atoms with Crippen LogP contribution >= 0.6 is 0 Å². The van der Waals surface area contributed by atoms with Gasteiger partial charge in [0.25, 0.3) is 0 Å². The Bertz CT molecular complexity index is 701. The van der Waals surface area contributed by atoms with E-state index >= 15 is 0 Å². The number of fused-ring (bicyclic) bond motifs is 1. The Labute approximate surface area is 115 Å². The third kappa shape index (κ3) is 2.03. The van der Waals surface area contributed by atoms with Gasteiger partial charge in [0.2, 0.25) is 5.91 Å². The number of amides is 1. The first-order valence-electron chi connectivity index (χ1n) is 6.47. The molecule has 0 unspecified atom stereocenters. The molecule has 0 bridgehead atoms. The van der Waals surface area contributed by atoms with Gasteiger partial charge in [-0.05, 0) is 18.9 Å². The summed E-state index contributed by atoms with van der Waals surface area (Å²) in [6.45, 7) is 0. The summed E-state index contributed by atoms with van der Waals surface area (Å²) in [5, 5.41) is 16.9. The SMILES string of the molecule is Cn1nc(CC(=O)NC2(C(=O)O)CC2)c2ccccc21. The number of para-hydroxylation sites is 1. The molecule has 1 aromatic heterocycles. The van der Waals surface area contributed by atoms with Crippen molar-refractivity contribution in [2.45, 2.75) is 24.8 Å². The quantitative estimate of drug-likeness (QED) is 0.865. The van der Waals surface area contributed by atoms with Gasteiger partial charge in [0.15, 0.2) is 0 Å². The topological polar surface area (TPSA) is 84.2 Å². The summed E-state index contributed by atoms with van der Waals surface area (Å²) in [5.74, 6) is -1.26. The Balaban J connectivity index is 1.80. The van der Waals surface area contributed by atoms with Crippen molar-refractivity contribution in [2.24, 2.45) is 7.05 Å². The first-order chi connectivity index (χ1) is 9.52. The van der Waals surface area contributed by atoms with Gasteiger partial charge in [-0.2, -0.15) is 5.10 Å². The predicted molar refractivity (Wildman–Crippen MR) is 72.2 cm³/mol. The molecule has 0 atom stereocenters. The fourth-order valence-electron chi connectivity index (χ4n) is 2.40. The first-order valence-corrected chi connectivity index (χ1v) is 6.47. The van der Waals surface area contributed by atoms with Crippen LogP contribution in [0.25, 0.3) is 10.9 Å². The lowest BCUT2D eigenvalue weighted by Gasteiger charge is -2.11. The predicted octanol–water partition coefficient (Wildman–Crippen LogP) is 0.849. The summed E-state index contributed by atoms with van der Waals surface area (Å²) in [4.78, 5) is 23.1. The molecule has 1 aromatic carbocycles. The number of nitrogens with one attached hydrogen (secondary N) is 1. The monoisotopic (exact) mass is 273 g/mol. The normalized spacial score (nSPS) is 16.1. The minimum atomic E-state index is -1.04. The molecule has 0 saturated heterocycles. The van der Waals surface area contributed by atoms with Gasteiger partial charge in [-0.1, -0.05) is 18.2 Å². The smallest absolute Gasteiger partial charge is 0.329 e. The van der Waals surface area contributed by atoms with E-state index in [1.165, 1.54) is 0 Å². The van der Waals surface area contributed by atoms with E-state index < -0.39 is 11.5 Å². The molecule has 1 saturated carbocycles. The first kappa shape index (κ1) is 12.7. The number of carbonyl (C=O) groups excluding carboxylic acids is 1. The van der Waals surface area contributed by atoms with E-state index in [2.05, 4.69) is 10.4 Å². The molecular weight excluding hydrogens is 258 g/mol. The molecule has 1 fully saturated rings. The van der Waals surface area contributed by atoms with E-state index in [1.807, 2.05) is 31.3 Å². The van der Waals surface area contributed by atoms with Crippen LogP contribution in [0.15, 0.2) is 24.3 Å². The van der Waals surface area contributed by atoms with Crippen molar-refractivity contribution in [3.05, 3.63) is 30.0 Å². The van der Waals surface area contributed by atoms with E-state index in [9.17, 15) is 9.59 Å². The van der Waals surface area contributed by atoms with Crippen molar-refractivity contribution in [1.29, 1.82) is 0 Å². The maximum atomic E-state index is 12.0. The van der Waals surface area contributed by atoms with Gasteiger partial charge in [-0.3, -0.25) is 9.48 Å². The Morgan fingerprint density at radius 3 is 2.75 bits per heavy atom. The maximum Gasteiger partial charge on any atom is 0.329 e. The van der Waals surface area contributed by atoms with Gasteiger partial charge in [0.05, 0.1) is 17.6 Å². The van der Waals surface area contributed by atoms with Crippen molar-refractivity contribution in [2.75, 3.05) is 0 Å². The molecule has 20 heavy (non-hydrogen) atoms. The van der Waals surface area contributed by atoms with Crippen LogP contribution < -0.4 is 5.32 Å². The van der Waals surface area contributed by atoms with Gasteiger partial charge in [-0.15, -0.1) is 0 Å². The maximum absolute atomic E-state index is 12.0. The van der Waals surface area contributed by atoms with Crippen LogP contribution in [0.4, 0.5) is 0 Å². The highest BCUT2D eigenvalue weighted by molar-refractivity contribution is 5.92. The largest absolute Gasteiger partial charge is 0.480 e. The summed E-state index contributed by atoms with van der Waals surface area (Å²) >= 11 is 0. The highest BCUT2D eigenvalue weighted by Crippen LogP contribution is 2.35. The molecule has 1 heterocycles. The number of carboxylic acid groups (broad SMARTS) is 1. The van der Waals surface area contributed by atoms with Crippen LogP contribution in [0, 0.1) is 0 Å². The van der Waals surface area contributed by atoms with Crippen LogP contribution in [0.1, 0.15) is 18.5 Å². The van der Waals surface area contributed by atoms with Crippen LogP contribution in [-0.2, 0) is 23.1 Å². The number of carbonyl (C=O) groups is 2. The number of carboxylic acids is 1. The van der Waals surface area contributed by atoms with Crippen LogP contribution in [0.5, 0.6) is 0 Å². The Morgan fingerprint density at radius 2 is 2.10 bits per heavy atom. The molecule has 2 aromatic rings. The van der Waals surface area contributed by atoms with E-state index in [0.717, 1.165) is 10.9 Å². The third-order valence-electron chi connectivity index (χ3n) is 3.70. The molecule has 0 spiro atoms. The molecule has 0 radical (unpaired) electrons. The summed E-state index contributed by atoms with van der Waals surface area (Å²) < 4.78 is 1.72. The van der Waals surface area contributed by atoms with Crippen LogP contribution in [-0.4, -0.2) is 32.3 Å². The second-order valence-electron chi connectivity index (χ2n) is 5.20. The highest BCUT2D eigenvalue weighted by atomic mass is 16.4. The van der Waals surface area contributed by atoms with Crippen molar-refractivity contribution < 1.29 is 14.7 Å². The van der Waals surface area contributed by atoms with Crippen molar-refractivity contribution in [1.82, 2.24) is 15.1 Å². The van der Waals surface area contributed by atoms with E-state index in [-0.39, 0.29) is 12.3 Å². The Morgan fingerprint density at radius 1 is 1.40 bits per heavy atom. The number of hydrogen-bond donors (Lipinski definition) is 2. The average molecular weight is 273 g/mol. The molecule has 0 aliphatic heterocycles. The summed E-state index contributed by atoms with van der Waals surface area (Å²) in [6, 6.07) is 7.65. The molecule has 6 nitrogen and oxygen atoms in total. The van der Waals surface area contributed by atoms with Gasteiger partial charge in [0, 0.05) is 12.4 Å². The standard InChI is InChI=1S/C14H15N3O3/c1-17-11-5-3-2-4-9(11)10(16-17)8-12(18)15-14(6-7-14)13(19)20/h2-5H,6-8H2,1H3,(H,15,18)(H,19,20). The Hall–Kier alpha value is -2.37. The van der Waals surface area contributed by atoms with Crippen LogP contribution in [0.3, 0.4) is 0 Å². The minimum absolute atomic E-state index is 0.0936. The lowest BCUT2D eigenvalue weighted by molar-refractivity contribution is -0.143. The van der Waals surface area contributed by atoms with E-state index in [1.54, 1.807) is 4.68 Å². The fourth-order valence-corrected chi connectivity index (χ4v) is 2.40. The number of benzene rings is 1. The summed E-state index contributed by atoms with van der Waals surface area (Å²) in [5.41, 5.74) is 0.582. The average Bonchev–Trinajstić information content (AvgIpc) is 3.12. The number of hydrogen-bond acceptors (Lipinski definition) is 3. The van der Waals surface area contributed by atoms with E-state index in [0.29, 0.717) is 18.5 Å². The second-order valence-corrected chi connectivity index (χ2v) is 5.20. The summed E-state index contributed by atoms with van der Waals surface area (Å²) in [6.07, 6.45) is 1.09. The molecule has 3 rings (SSSR count). The number of aliphatic carboxylic acids is 1.